The number of benzene rings is 1. The molecular weight excluding hydrogens is 284 g/mol. The molecule has 6 heteroatoms. The largest absolute Gasteiger partial charge is 0.376 e. The highest BCUT2D eigenvalue weighted by Crippen LogP contribution is 2.13. The van der Waals surface area contributed by atoms with Crippen molar-refractivity contribution in [1.29, 1.82) is 0 Å². The van der Waals surface area contributed by atoms with Gasteiger partial charge in [0.25, 0.3) is 0 Å². The zero-order valence-electron chi connectivity index (χ0n) is 12.0. The predicted octanol–water partition coefficient (Wildman–Crippen LogP) is 3.35. The minimum Gasteiger partial charge on any atom is -0.376 e. The van der Waals surface area contributed by atoms with E-state index >= 15 is 0 Å². The van der Waals surface area contributed by atoms with Crippen LogP contribution in [0.25, 0.3) is 0 Å². The lowest BCUT2D eigenvalue weighted by Crippen LogP contribution is -2.00. The minimum absolute atomic E-state index is 0.521. The number of hydrogen-bond acceptors (Lipinski definition) is 6. The lowest BCUT2D eigenvalue weighted by Gasteiger charge is -2.02. The van der Waals surface area contributed by atoms with Gasteiger partial charge in [0.2, 0.25) is 5.89 Å². The molecule has 0 fully saturated rings. The summed E-state index contributed by atoms with van der Waals surface area (Å²) in [6.45, 7) is 4.56. The summed E-state index contributed by atoms with van der Waals surface area (Å²) >= 11 is 1.62. The summed E-state index contributed by atoms with van der Waals surface area (Å²) < 4.78 is 5.24. The van der Waals surface area contributed by atoms with Gasteiger partial charge in [0.15, 0.2) is 5.82 Å². The molecule has 21 heavy (non-hydrogen) atoms. The Bertz CT molecular complexity index is 717. The maximum absolute atomic E-state index is 5.24. The summed E-state index contributed by atoms with van der Waals surface area (Å²) in [4.78, 5) is 8.77. The van der Waals surface area contributed by atoms with Crippen molar-refractivity contribution in [2.45, 2.75) is 26.8 Å². The number of aryl methyl sites for hydroxylation is 2. The Kier molecular flexibility index (Phi) is 3.96. The predicted molar refractivity (Wildman–Crippen MR) is 82.5 cm³/mol. The number of thiazole rings is 1. The van der Waals surface area contributed by atoms with Gasteiger partial charge in [0.05, 0.1) is 13.0 Å². The van der Waals surface area contributed by atoms with E-state index in [1.54, 1.807) is 11.3 Å². The summed E-state index contributed by atoms with van der Waals surface area (Å²) in [6.07, 6.45) is 0.618. The molecule has 0 aliphatic rings. The molecule has 3 aromatic rings. The number of nitrogens with one attached hydrogen (secondary N) is 1. The van der Waals surface area contributed by atoms with Gasteiger partial charge in [-0.15, -0.1) is 11.3 Å². The highest BCUT2D eigenvalue weighted by atomic mass is 32.1. The normalized spacial score (nSPS) is 10.8. The second kappa shape index (κ2) is 6.05. The van der Waals surface area contributed by atoms with E-state index in [0.717, 1.165) is 16.4 Å². The van der Waals surface area contributed by atoms with Crippen LogP contribution >= 0.6 is 11.3 Å². The van der Waals surface area contributed by atoms with Gasteiger partial charge >= 0.3 is 0 Å². The van der Waals surface area contributed by atoms with Gasteiger partial charge in [-0.05, 0) is 26.0 Å². The van der Waals surface area contributed by atoms with Crippen LogP contribution in [0.2, 0.25) is 0 Å². The lowest BCUT2D eigenvalue weighted by molar-refractivity contribution is 0.378. The van der Waals surface area contributed by atoms with Crippen molar-refractivity contribution in [3.05, 3.63) is 57.6 Å². The monoisotopic (exact) mass is 300 g/mol. The molecule has 3 rings (SSSR count). The molecule has 0 aliphatic carbocycles. The summed E-state index contributed by atoms with van der Waals surface area (Å²) in [5.74, 6) is 1.25. The van der Waals surface area contributed by atoms with Gasteiger partial charge in [0, 0.05) is 16.8 Å². The molecule has 108 valence electrons. The Labute approximate surface area is 127 Å². The Morgan fingerprint density at radius 3 is 2.67 bits per heavy atom. The number of anilines is 1. The second-order valence-corrected chi connectivity index (χ2v) is 5.83. The number of hydrogen-bond donors (Lipinski definition) is 1. The average molecular weight is 300 g/mol. The first kappa shape index (κ1) is 13.8. The number of nitrogens with zero attached hydrogens (tertiary/aromatic N) is 3. The van der Waals surface area contributed by atoms with Gasteiger partial charge < -0.3 is 9.84 Å². The van der Waals surface area contributed by atoms with Crippen LogP contribution in [-0.2, 0) is 13.0 Å². The molecule has 1 N–H and O–H groups in total. The minimum atomic E-state index is 0.521. The van der Waals surface area contributed by atoms with Crippen molar-refractivity contribution in [2.75, 3.05) is 5.32 Å². The molecule has 0 radical (unpaired) electrons. The quantitative estimate of drug-likeness (QED) is 0.783. The van der Waals surface area contributed by atoms with E-state index in [1.807, 2.05) is 24.4 Å². The molecule has 2 heterocycles. The summed E-state index contributed by atoms with van der Waals surface area (Å²) in [6, 6.07) is 8.19. The van der Waals surface area contributed by atoms with E-state index in [0.29, 0.717) is 24.7 Å². The van der Waals surface area contributed by atoms with Gasteiger partial charge in [-0.2, -0.15) is 4.98 Å². The molecule has 0 atom stereocenters. The Morgan fingerprint density at radius 2 is 1.95 bits per heavy atom. The fourth-order valence-corrected chi connectivity index (χ4v) is 2.67. The van der Waals surface area contributed by atoms with Crippen LogP contribution in [0.1, 0.15) is 28.0 Å². The van der Waals surface area contributed by atoms with Crippen LogP contribution in [0, 0.1) is 13.8 Å². The molecule has 2 aromatic heterocycles. The van der Waals surface area contributed by atoms with Crippen molar-refractivity contribution in [3.63, 3.8) is 0 Å². The highest BCUT2D eigenvalue weighted by Gasteiger charge is 2.09. The SMILES string of the molecule is Cc1ccc(NCc2nc(Cc3nc(C)cs3)no2)cc1. The van der Waals surface area contributed by atoms with Crippen LogP contribution in [0.3, 0.4) is 0 Å². The van der Waals surface area contributed by atoms with Crippen molar-refractivity contribution in [2.24, 2.45) is 0 Å². The summed E-state index contributed by atoms with van der Waals surface area (Å²) in [5, 5.41) is 10.3. The van der Waals surface area contributed by atoms with Crippen molar-refractivity contribution in [3.8, 4) is 0 Å². The van der Waals surface area contributed by atoms with Crippen LogP contribution in [0.4, 0.5) is 5.69 Å². The molecule has 0 bridgehead atoms. The molecule has 0 saturated carbocycles. The Balaban J connectivity index is 1.58. The first-order valence-corrected chi connectivity index (χ1v) is 7.60. The fraction of sp³-hybridized carbons (Fsp3) is 0.267. The first-order chi connectivity index (χ1) is 10.2. The van der Waals surface area contributed by atoms with Crippen LogP contribution < -0.4 is 5.32 Å². The fourth-order valence-electron chi connectivity index (χ4n) is 1.90. The molecule has 0 spiro atoms. The molecule has 0 saturated heterocycles. The van der Waals surface area contributed by atoms with Gasteiger partial charge in [0.1, 0.15) is 5.01 Å². The van der Waals surface area contributed by atoms with E-state index < -0.39 is 0 Å². The van der Waals surface area contributed by atoms with E-state index in [-0.39, 0.29) is 0 Å². The van der Waals surface area contributed by atoms with E-state index in [9.17, 15) is 0 Å². The zero-order chi connectivity index (χ0) is 14.7. The van der Waals surface area contributed by atoms with Crippen molar-refractivity contribution < 1.29 is 4.52 Å². The van der Waals surface area contributed by atoms with E-state index in [1.165, 1.54) is 5.56 Å². The van der Waals surface area contributed by atoms with Gasteiger partial charge in [-0.25, -0.2) is 4.98 Å². The topological polar surface area (TPSA) is 63.8 Å². The highest BCUT2D eigenvalue weighted by molar-refractivity contribution is 7.09. The molecule has 0 unspecified atom stereocenters. The summed E-state index contributed by atoms with van der Waals surface area (Å²) in [7, 11) is 0. The Hall–Kier alpha value is -2.21. The standard InChI is InChI=1S/C15H16N4OS/c1-10-3-5-12(6-4-10)16-8-14-18-13(19-20-14)7-15-17-11(2)9-21-15/h3-6,9,16H,7-8H2,1-2H3. The van der Waals surface area contributed by atoms with E-state index in [4.69, 9.17) is 4.52 Å². The van der Waals surface area contributed by atoms with E-state index in [2.05, 4.69) is 39.5 Å². The number of rotatable bonds is 5. The third-order valence-electron chi connectivity index (χ3n) is 2.98. The van der Waals surface area contributed by atoms with Crippen molar-refractivity contribution >= 4 is 17.0 Å². The van der Waals surface area contributed by atoms with Gasteiger partial charge in [-0.3, -0.25) is 0 Å². The third-order valence-corrected chi connectivity index (χ3v) is 3.95. The summed E-state index contributed by atoms with van der Waals surface area (Å²) in [5.41, 5.74) is 3.30. The Morgan fingerprint density at radius 1 is 1.14 bits per heavy atom. The smallest absolute Gasteiger partial charge is 0.245 e. The molecule has 5 nitrogen and oxygen atoms in total. The maximum Gasteiger partial charge on any atom is 0.245 e. The first-order valence-electron chi connectivity index (χ1n) is 6.72. The molecular formula is C15H16N4OS. The molecule has 0 aliphatic heterocycles. The van der Waals surface area contributed by atoms with Crippen LogP contribution in [0.5, 0.6) is 0 Å². The maximum atomic E-state index is 5.24. The average Bonchev–Trinajstić information content (AvgIpc) is 3.08. The number of aromatic nitrogens is 3. The zero-order valence-corrected chi connectivity index (χ0v) is 12.8. The van der Waals surface area contributed by atoms with Crippen molar-refractivity contribution in [1.82, 2.24) is 15.1 Å². The van der Waals surface area contributed by atoms with Gasteiger partial charge in [-0.1, -0.05) is 22.9 Å². The van der Waals surface area contributed by atoms with Crippen LogP contribution in [-0.4, -0.2) is 15.1 Å². The second-order valence-electron chi connectivity index (χ2n) is 4.88. The lowest BCUT2D eigenvalue weighted by atomic mass is 10.2. The third kappa shape index (κ3) is 3.66. The molecule has 1 aromatic carbocycles. The van der Waals surface area contributed by atoms with Crippen LogP contribution in [0.15, 0.2) is 34.2 Å². The molecule has 0 amide bonds.